The Labute approximate surface area is 136 Å². The maximum absolute atomic E-state index is 10.2. The van der Waals surface area contributed by atoms with Crippen molar-refractivity contribution >= 4 is 23.7 Å². The van der Waals surface area contributed by atoms with Crippen LogP contribution in [0.15, 0.2) is 0 Å². The molecule has 9 heteroatoms. The predicted molar refractivity (Wildman–Crippen MR) is 79.2 cm³/mol. The van der Waals surface area contributed by atoms with Crippen molar-refractivity contribution in [2.45, 2.75) is 33.3 Å². The molecule has 0 aliphatic carbocycles. The van der Waals surface area contributed by atoms with Crippen LogP contribution in [0.3, 0.4) is 0 Å². The average Bonchev–Trinajstić information content (AvgIpc) is 2.35. The van der Waals surface area contributed by atoms with Crippen molar-refractivity contribution in [3.63, 3.8) is 0 Å². The number of Topliss-reactive ketones (excluding diaryl/α,β-unsaturated/α-hetero) is 1. The van der Waals surface area contributed by atoms with Gasteiger partial charge < -0.3 is 29.3 Å². The lowest BCUT2D eigenvalue weighted by molar-refractivity contribution is -0.870. The molecule has 0 radical (unpaired) electrons. The lowest BCUT2D eigenvalue weighted by Gasteiger charge is -2.21. The van der Waals surface area contributed by atoms with Gasteiger partial charge in [0.25, 0.3) is 0 Å². The zero-order valence-electron chi connectivity index (χ0n) is 14.5. The molecule has 0 aliphatic heterocycles. The number of ether oxygens (including phenoxy) is 1. The van der Waals surface area contributed by atoms with E-state index >= 15 is 0 Å². The number of esters is 1. The summed E-state index contributed by atoms with van der Waals surface area (Å²) >= 11 is 0. The Morgan fingerprint density at radius 1 is 1.13 bits per heavy atom. The Balaban J connectivity index is -0.000000272. The SMILES string of the molecule is CC(=O)C(=O)[O-].CCC(OC(C)=O)C(=O)O.C[N+](C)(C)CCO. The van der Waals surface area contributed by atoms with Gasteiger partial charge in [-0.15, -0.1) is 0 Å². The molecule has 0 aromatic carbocycles. The average molecular weight is 337 g/mol. The van der Waals surface area contributed by atoms with Crippen LogP contribution < -0.4 is 5.11 Å². The molecule has 0 aliphatic rings. The van der Waals surface area contributed by atoms with Crippen molar-refractivity contribution in [3.8, 4) is 0 Å². The molecular weight excluding hydrogens is 310 g/mol. The Kier molecular flexibility index (Phi) is 15.4. The van der Waals surface area contributed by atoms with Gasteiger partial charge in [0.05, 0.1) is 27.7 Å². The van der Waals surface area contributed by atoms with Gasteiger partial charge in [-0.3, -0.25) is 9.59 Å². The van der Waals surface area contributed by atoms with Gasteiger partial charge in [0.2, 0.25) is 0 Å². The monoisotopic (exact) mass is 337 g/mol. The summed E-state index contributed by atoms with van der Waals surface area (Å²) in [6.07, 6.45) is -0.688. The standard InChI is InChI=1S/C6H10O4.C5H14NO.C3H4O3/c1-3-5(6(8)9)10-4(2)7;1-6(2,3)4-5-7;1-2(4)3(5)6/h5H,3H2,1-2H3,(H,8,9);7H,4-5H2,1-3H3;1H3,(H,5,6)/q;+1;/p-1. The molecule has 0 rings (SSSR count). The molecular formula is C14H27NO8. The normalized spacial score (nSPS) is 10.9. The molecule has 23 heavy (non-hydrogen) atoms. The van der Waals surface area contributed by atoms with Gasteiger partial charge in [0.15, 0.2) is 11.9 Å². The predicted octanol–water partition coefficient (Wildman–Crippen LogP) is -1.58. The molecule has 9 nitrogen and oxygen atoms in total. The number of ketones is 1. The highest BCUT2D eigenvalue weighted by molar-refractivity contribution is 6.30. The molecule has 0 bridgehead atoms. The smallest absolute Gasteiger partial charge is 0.345 e. The summed E-state index contributed by atoms with van der Waals surface area (Å²) in [7, 11) is 6.16. The van der Waals surface area contributed by atoms with Crippen molar-refractivity contribution in [1.82, 2.24) is 0 Å². The number of nitrogens with zero attached hydrogens (tertiary/aromatic N) is 1. The van der Waals surface area contributed by atoms with E-state index < -0.39 is 29.8 Å². The molecule has 0 saturated heterocycles. The zero-order chi connectivity index (χ0) is 19.2. The fourth-order valence-corrected chi connectivity index (χ4v) is 0.809. The highest BCUT2D eigenvalue weighted by Crippen LogP contribution is 1.97. The summed E-state index contributed by atoms with van der Waals surface area (Å²) < 4.78 is 5.27. The van der Waals surface area contributed by atoms with E-state index in [1.165, 1.54) is 6.92 Å². The Bertz CT molecular complexity index is 375. The largest absolute Gasteiger partial charge is 0.542 e. The van der Waals surface area contributed by atoms with Crippen LogP contribution in [0.4, 0.5) is 0 Å². The maximum atomic E-state index is 10.2. The van der Waals surface area contributed by atoms with Crippen LogP contribution in [0.1, 0.15) is 27.2 Å². The van der Waals surface area contributed by atoms with Crippen molar-refractivity contribution in [2.24, 2.45) is 0 Å². The number of aliphatic hydroxyl groups excluding tert-OH is 1. The van der Waals surface area contributed by atoms with Gasteiger partial charge in [-0.1, -0.05) is 6.92 Å². The van der Waals surface area contributed by atoms with Gasteiger partial charge >= 0.3 is 11.9 Å². The van der Waals surface area contributed by atoms with Crippen LogP contribution in [-0.4, -0.2) is 78.8 Å². The first kappa shape index (κ1) is 25.9. The summed E-state index contributed by atoms with van der Waals surface area (Å²) in [5.41, 5.74) is 0. The van der Waals surface area contributed by atoms with E-state index in [0.29, 0.717) is 6.42 Å². The van der Waals surface area contributed by atoms with Crippen LogP contribution >= 0.6 is 0 Å². The van der Waals surface area contributed by atoms with Crippen molar-refractivity contribution in [1.29, 1.82) is 0 Å². The Morgan fingerprint density at radius 3 is 1.57 bits per heavy atom. The molecule has 0 spiro atoms. The van der Waals surface area contributed by atoms with E-state index in [4.69, 9.17) is 10.2 Å². The van der Waals surface area contributed by atoms with Crippen LogP contribution in [0.5, 0.6) is 0 Å². The van der Waals surface area contributed by atoms with Gasteiger partial charge in [-0.2, -0.15) is 0 Å². The van der Waals surface area contributed by atoms with E-state index in [1.54, 1.807) is 6.92 Å². The van der Waals surface area contributed by atoms with Gasteiger partial charge in [0.1, 0.15) is 12.5 Å². The summed E-state index contributed by atoms with van der Waals surface area (Å²) in [6.45, 7) is 4.88. The molecule has 0 aromatic heterocycles. The maximum Gasteiger partial charge on any atom is 0.345 e. The highest BCUT2D eigenvalue weighted by atomic mass is 16.6. The number of hydrogen-bond acceptors (Lipinski definition) is 7. The van der Waals surface area contributed by atoms with Crippen LogP contribution in [-0.2, 0) is 23.9 Å². The van der Waals surface area contributed by atoms with Crippen molar-refractivity contribution < 1.29 is 43.7 Å². The minimum absolute atomic E-state index is 0.281. The van der Waals surface area contributed by atoms with Crippen molar-refractivity contribution in [2.75, 3.05) is 34.3 Å². The second kappa shape index (κ2) is 13.6. The number of carbonyl (C=O) groups is 4. The molecule has 0 saturated carbocycles. The number of hydrogen-bond donors (Lipinski definition) is 2. The number of quaternary nitrogens is 1. The first-order valence-electron chi connectivity index (χ1n) is 6.81. The first-order valence-corrected chi connectivity index (χ1v) is 6.81. The number of aliphatic carboxylic acids is 2. The van der Waals surface area contributed by atoms with E-state index in [1.807, 2.05) is 0 Å². The third-order valence-corrected chi connectivity index (χ3v) is 2.01. The van der Waals surface area contributed by atoms with E-state index in [9.17, 15) is 24.3 Å². The number of aliphatic hydroxyl groups is 1. The van der Waals surface area contributed by atoms with Gasteiger partial charge in [0, 0.05) is 13.8 Å². The summed E-state index contributed by atoms with van der Waals surface area (Å²) in [6, 6.07) is 0. The summed E-state index contributed by atoms with van der Waals surface area (Å²) in [5, 5.41) is 26.0. The summed E-state index contributed by atoms with van der Waals surface area (Å²) in [4.78, 5) is 39.1. The van der Waals surface area contributed by atoms with Crippen LogP contribution in [0, 0.1) is 0 Å². The Morgan fingerprint density at radius 2 is 1.52 bits per heavy atom. The fourth-order valence-electron chi connectivity index (χ4n) is 0.809. The number of carboxylic acid groups (broad SMARTS) is 2. The molecule has 1 atom stereocenters. The molecule has 0 amide bonds. The topological polar surface area (TPSA) is 141 Å². The molecule has 0 aromatic rings. The highest BCUT2D eigenvalue weighted by Gasteiger charge is 2.17. The molecule has 136 valence electrons. The number of carbonyl (C=O) groups excluding carboxylic acids is 3. The number of carboxylic acids is 2. The molecule has 1 unspecified atom stereocenters. The third kappa shape index (κ3) is 25.3. The van der Waals surface area contributed by atoms with Gasteiger partial charge in [-0.05, 0) is 6.42 Å². The Hall–Kier alpha value is -2.00. The lowest BCUT2D eigenvalue weighted by Crippen LogP contribution is -2.36. The third-order valence-electron chi connectivity index (χ3n) is 2.01. The quantitative estimate of drug-likeness (QED) is 0.336. The van der Waals surface area contributed by atoms with Gasteiger partial charge in [-0.25, -0.2) is 4.79 Å². The zero-order valence-corrected chi connectivity index (χ0v) is 14.5. The van der Waals surface area contributed by atoms with E-state index in [2.05, 4.69) is 25.9 Å². The minimum atomic E-state index is -1.63. The second-order valence-electron chi connectivity index (χ2n) is 5.43. The molecule has 0 heterocycles. The van der Waals surface area contributed by atoms with E-state index in [-0.39, 0.29) is 6.61 Å². The molecule has 0 fully saturated rings. The lowest BCUT2D eigenvalue weighted by atomic mass is 10.3. The van der Waals surface area contributed by atoms with E-state index in [0.717, 1.165) is 18.0 Å². The number of likely N-dealkylation sites (N-methyl/N-ethyl adjacent to an activating group) is 1. The summed E-state index contributed by atoms with van der Waals surface area (Å²) in [5.74, 6) is -4.23. The minimum Gasteiger partial charge on any atom is -0.542 e. The second-order valence-corrected chi connectivity index (χ2v) is 5.43. The fraction of sp³-hybridized carbons (Fsp3) is 0.714. The van der Waals surface area contributed by atoms with Crippen molar-refractivity contribution in [3.05, 3.63) is 0 Å². The van der Waals surface area contributed by atoms with Crippen LogP contribution in [0.2, 0.25) is 0 Å². The molecule has 2 N–H and O–H groups in total. The number of rotatable bonds is 6. The van der Waals surface area contributed by atoms with Crippen LogP contribution in [0.25, 0.3) is 0 Å². The first-order chi connectivity index (χ1) is 10.3.